The number of azo groups is 1. The zero-order chi connectivity index (χ0) is 9.35. The molecule has 0 radical (unpaired) electrons. The SMILES string of the molecule is CCC1(C)N=NC(=O)N1C(N)=O. The van der Waals surface area contributed by atoms with Crippen LogP contribution < -0.4 is 5.73 Å². The molecule has 1 heterocycles. The lowest BCUT2D eigenvalue weighted by Crippen LogP contribution is -2.49. The van der Waals surface area contributed by atoms with E-state index in [1.54, 1.807) is 13.8 Å². The van der Waals surface area contributed by atoms with Crippen LogP contribution in [-0.4, -0.2) is 22.6 Å². The van der Waals surface area contributed by atoms with Crippen molar-refractivity contribution in [2.24, 2.45) is 16.0 Å². The molecule has 6 nitrogen and oxygen atoms in total. The maximum Gasteiger partial charge on any atom is 0.372 e. The fraction of sp³-hybridized carbons (Fsp3) is 0.667. The van der Waals surface area contributed by atoms with Gasteiger partial charge in [-0.25, -0.2) is 14.5 Å². The normalized spacial score (nSPS) is 28.2. The van der Waals surface area contributed by atoms with Crippen LogP contribution >= 0.6 is 0 Å². The van der Waals surface area contributed by atoms with Gasteiger partial charge in [0.25, 0.3) is 0 Å². The Morgan fingerprint density at radius 1 is 1.75 bits per heavy atom. The summed E-state index contributed by atoms with van der Waals surface area (Å²) in [5.41, 5.74) is 4.10. The lowest BCUT2D eigenvalue weighted by molar-refractivity contribution is 0.161. The van der Waals surface area contributed by atoms with Gasteiger partial charge in [0.2, 0.25) is 0 Å². The summed E-state index contributed by atoms with van der Waals surface area (Å²) in [5.74, 6) is 0. The van der Waals surface area contributed by atoms with Crippen molar-refractivity contribution < 1.29 is 9.59 Å². The molecule has 6 heteroatoms. The molecule has 0 aromatic rings. The number of urea groups is 2. The molecular formula is C6H10N4O2. The number of imide groups is 1. The van der Waals surface area contributed by atoms with Gasteiger partial charge in [0.05, 0.1) is 0 Å². The Hall–Kier alpha value is -1.46. The predicted octanol–water partition coefficient (Wildman–Crippen LogP) is 1.08. The van der Waals surface area contributed by atoms with Crippen LogP contribution in [0.1, 0.15) is 20.3 Å². The second-order valence-corrected chi connectivity index (χ2v) is 2.73. The molecule has 66 valence electrons. The van der Waals surface area contributed by atoms with Crippen molar-refractivity contribution in [1.82, 2.24) is 4.90 Å². The number of carbonyl (C=O) groups is 2. The molecule has 0 fully saturated rings. The highest BCUT2D eigenvalue weighted by atomic mass is 16.2. The molecular weight excluding hydrogens is 160 g/mol. The van der Waals surface area contributed by atoms with Crippen molar-refractivity contribution in [3.63, 3.8) is 0 Å². The largest absolute Gasteiger partial charge is 0.372 e. The van der Waals surface area contributed by atoms with Crippen molar-refractivity contribution >= 4 is 12.1 Å². The van der Waals surface area contributed by atoms with E-state index in [0.29, 0.717) is 6.42 Å². The Morgan fingerprint density at radius 3 is 2.67 bits per heavy atom. The Kier molecular flexibility index (Phi) is 1.83. The smallest absolute Gasteiger partial charge is 0.351 e. The molecule has 1 unspecified atom stereocenters. The summed E-state index contributed by atoms with van der Waals surface area (Å²) in [5, 5.41) is 6.94. The van der Waals surface area contributed by atoms with Crippen LogP contribution in [0, 0.1) is 0 Å². The molecule has 0 saturated heterocycles. The molecule has 1 aliphatic rings. The number of nitrogens with two attached hydrogens (primary N) is 1. The number of nitrogens with zero attached hydrogens (tertiary/aromatic N) is 3. The van der Waals surface area contributed by atoms with Gasteiger partial charge >= 0.3 is 12.1 Å². The number of amides is 4. The molecule has 0 aromatic heterocycles. The molecule has 1 rings (SSSR count). The van der Waals surface area contributed by atoms with E-state index in [1.807, 2.05) is 0 Å². The molecule has 0 spiro atoms. The zero-order valence-corrected chi connectivity index (χ0v) is 6.94. The molecule has 2 N–H and O–H groups in total. The van der Waals surface area contributed by atoms with Gasteiger partial charge in [0.15, 0.2) is 5.66 Å². The summed E-state index contributed by atoms with van der Waals surface area (Å²) < 4.78 is 0. The van der Waals surface area contributed by atoms with Crippen LogP contribution in [0.25, 0.3) is 0 Å². The van der Waals surface area contributed by atoms with Gasteiger partial charge in [-0.3, -0.25) is 0 Å². The molecule has 1 atom stereocenters. The summed E-state index contributed by atoms with van der Waals surface area (Å²) in [7, 11) is 0. The van der Waals surface area contributed by atoms with Gasteiger partial charge in [0, 0.05) is 0 Å². The van der Waals surface area contributed by atoms with Crippen LogP contribution in [0.5, 0.6) is 0 Å². The molecule has 0 bridgehead atoms. The maximum atomic E-state index is 11.0. The molecule has 0 aliphatic carbocycles. The van der Waals surface area contributed by atoms with E-state index in [2.05, 4.69) is 10.2 Å². The number of hydrogen-bond acceptors (Lipinski definition) is 3. The highest BCUT2D eigenvalue weighted by molar-refractivity contribution is 5.95. The van der Waals surface area contributed by atoms with Crippen molar-refractivity contribution in [3.8, 4) is 0 Å². The van der Waals surface area contributed by atoms with Crippen LogP contribution in [-0.2, 0) is 0 Å². The topological polar surface area (TPSA) is 88.1 Å². The summed E-state index contributed by atoms with van der Waals surface area (Å²) >= 11 is 0. The van der Waals surface area contributed by atoms with Crippen LogP contribution in [0.4, 0.5) is 9.59 Å². The van der Waals surface area contributed by atoms with E-state index in [9.17, 15) is 9.59 Å². The summed E-state index contributed by atoms with van der Waals surface area (Å²) in [6.07, 6.45) is 0.505. The van der Waals surface area contributed by atoms with E-state index in [1.165, 1.54) is 0 Å². The minimum absolute atomic E-state index is 0.505. The fourth-order valence-corrected chi connectivity index (χ4v) is 1.01. The second-order valence-electron chi connectivity index (χ2n) is 2.73. The molecule has 0 saturated carbocycles. The van der Waals surface area contributed by atoms with Crippen molar-refractivity contribution in [2.75, 3.05) is 0 Å². The van der Waals surface area contributed by atoms with E-state index >= 15 is 0 Å². The Morgan fingerprint density at radius 2 is 2.33 bits per heavy atom. The van der Waals surface area contributed by atoms with E-state index in [0.717, 1.165) is 4.90 Å². The van der Waals surface area contributed by atoms with Crippen molar-refractivity contribution in [3.05, 3.63) is 0 Å². The third kappa shape index (κ3) is 1.05. The predicted molar refractivity (Wildman–Crippen MR) is 40.4 cm³/mol. The minimum atomic E-state index is -0.886. The quantitative estimate of drug-likeness (QED) is 0.638. The Labute approximate surface area is 69.4 Å². The summed E-state index contributed by atoms with van der Waals surface area (Å²) in [6.45, 7) is 3.43. The average molecular weight is 170 g/mol. The molecule has 1 aliphatic heterocycles. The number of rotatable bonds is 1. The lowest BCUT2D eigenvalue weighted by atomic mass is 10.1. The number of primary amides is 1. The molecule has 12 heavy (non-hydrogen) atoms. The average Bonchev–Trinajstić information content (AvgIpc) is 2.28. The first kappa shape index (κ1) is 8.63. The van der Waals surface area contributed by atoms with Gasteiger partial charge in [-0.05, 0) is 13.3 Å². The highest BCUT2D eigenvalue weighted by Crippen LogP contribution is 2.27. The van der Waals surface area contributed by atoms with Crippen molar-refractivity contribution in [1.29, 1.82) is 0 Å². The third-order valence-corrected chi connectivity index (χ3v) is 1.91. The maximum absolute atomic E-state index is 11.0. The van der Waals surface area contributed by atoms with E-state index in [-0.39, 0.29) is 0 Å². The first-order valence-electron chi connectivity index (χ1n) is 3.58. The monoisotopic (exact) mass is 170 g/mol. The van der Waals surface area contributed by atoms with Gasteiger partial charge in [-0.2, -0.15) is 5.11 Å². The van der Waals surface area contributed by atoms with Crippen LogP contribution in [0.3, 0.4) is 0 Å². The molecule has 0 aromatic carbocycles. The lowest BCUT2D eigenvalue weighted by Gasteiger charge is -2.26. The number of hydrogen-bond donors (Lipinski definition) is 1. The molecule has 4 amide bonds. The van der Waals surface area contributed by atoms with E-state index in [4.69, 9.17) is 5.73 Å². The summed E-state index contributed by atoms with van der Waals surface area (Å²) in [6, 6.07) is -1.50. The van der Waals surface area contributed by atoms with E-state index < -0.39 is 17.7 Å². The fourth-order valence-electron chi connectivity index (χ4n) is 1.01. The Balaban J connectivity index is 2.98. The Bertz CT molecular complexity index is 262. The second kappa shape index (κ2) is 2.54. The third-order valence-electron chi connectivity index (χ3n) is 1.91. The summed E-state index contributed by atoms with van der Waals surface area (Å²) in [4.78, 5) is 22.6. The standard InChI is InChI=1S/C6H10N4O2/c1-3-6(2)9-8-5(12)10(6)4(7)11/h3H2,1-2H3,(H2,7,11). The van der Waals surface area contributed by atoms with Gasteiger partial charge in [0.1, 0.15) is 0 Å². The van der Waals surface area contributed by atoms with Gasteiger partial charge in [-0.1, -0.05) is 12.0 Å². The van der Waals surface area contributed by atoms with Crippen LogP contribution in [0.15, 0.2) is 10.2 Å². The first-order valence-corrected chi connectivity index (χ1v) is 3.58. The van der Waals surface area contributed by atoms with Crippen molar-refractivity contribution in [2.45, 2.75) is 25.9 Å². The highest BCUT2D eigenvalue weighted by Gasteiger charge is 2.42. The minimum Gasteiger partial charge on any atom is -0.351 e. The number of carbonyl (C=O) groups excluding carboxylic acids is 2. The van der Waals surface area contributed by atoms with Crippen LogP contribution in [0.2, 0.25) is 0 Å². The first-order chi connectivity index (χ1) is 5.51. The van der Waals surface area contributed by atoms with Gasteiger partial charge < -0.3 is 5.73 Å². The van der Waals surface area contributed by atoms with Gasteiger partial charge in [-0.15, -0.1) is 0 Å². The zero-order valence-electron chi connectivity index (χ0n) is 6.94.